The maximum Gasteiger partial charge on any atom is 0.152 e. The Kier molecular flexibility index (Phi) is 5.21. The van der Waals surface area contributed by atoms with Gasteiger partial charge in [0.1, 0.15) is 5.78 Å². The number of rotatable bonds is 6. The van der Waals surface area contributed by atoms with Gasteiger partial charge in [0.05, 0.1) is 11.0 Å². The van der Waals surface area contributed by atoms with E-state index >= 15 is 0 Å². The molecule has 0 aromatic rings. The third-order valence-corrected chi connectivity index (χ3v) is 7.21. The fourth-order valence-corrected chi connectivity index (χ4v) is 4.33. The highest BCUT2D eigenvalue weighted by Crippen LogP contribution is 2.50. The van der Waals surface area contributed by atoms with Crippen LogP contribution in [0.4, 0.5) is 0 Å². The molecule has 0 bridgehead atoms. The van der Waals surface area contributed by atoms with Gasteiger partial charge >= 0.3 is 0 Å². The second-order valence-electron chi connectivity index (χ2n) is 6.90. The zero-order chi connectivity index (χ0) is 14.8. The molecule has 19 heavy (non-hydrogen) atoms. The number of Topliss-reactive ketones (excluding diaryl/α,β-unsaturated/α-hetero) is 1. The predicted molar refractivity (Wildman–Crippen MR) is 78.8 cm³/mol. The smallest absolute Gasteiger partial charge is 0.152 e. The van der Waals surface area contributed by atoms with Crippen molar-refractivity contribution in [2.24, 2.45) is 17.3 Å². The molecule has 0 N–H and O–H groups in total. The maximum atomic E-state index is 11.9. The highest BCUT2D eigenvalue weighted by molar-refractivity contribution is 7.91. The lowest BCUT2D eigenvalue weighted by molar-refractivity contribution is -0.118. The molecule has 1 saturated carbocycles. The van der Waals surface area contributed by atoms with Crippen LogP contribution >= 0.6 is 0 Å². The highest BCUT2D eigenvalue weighted by atomic mass is 32.2. The number of hydrogen-bond acceptors (Lipinski definition) is 3. The van der Waals surface area contributed by atoms with Gasteiger partial charge in [-0.2, -0.15) is 0 Å². The Bertz CT molecular complexity index is 421. The first kappa shape index (κ1) is 16.7. The fraction of sp³-hybridized carbons (Fsp3) is 0.933. The summed E-state index contributed by atoms with van der Waals surface area (Å²) in [6.45, 7) is 9.52. The highest BCUT2D eigenvalue weighted by Gasteiger charge is 2.43. The third-order valence-electron chi connectivity index (χ3n) is 4.97. The summed E-state index contributed by atoms with van der Waals surface area (Å²) in [5.74, 6) is 1.36. The molecule has 2 atom stereocenters. The van der Waals surface area contributed by atoms with Crippen LogP contribution in [0, 0.1) is 17.3 Å². The molecular weight excluding hydrogens is 260 g/mol. The van der Waals surface area contributed by atoms with Crippen LogP contribution < -0.4 is 0 Å². The minimum absolute atomic E-state index is 0.0815. The Morgan fingerprint density at radius 3 is 2.21 bits per heavy atom. The van der Waals surface area contributed by atoms with Crippen LogP contribution in [0.25, 0.3) is 0 Å². The SMILES string of the molecule is CC(=O)C[C@H]1CC[C@H](CCS(=O)(=O)C(C)C)C1(C)C. The molecule has 0 saturated heterocycles. The van der Waals surface area contributed by atoms with Crippen LogP contribution in [0.3, 0.4) is 0 Å². The van der Waals surface area contributed by atoms with E-state index in [-0.39, 0.29) is 22.2 Å². The summed E-state index contributed by atoms with van der Waals surface area (Å²) < 4.78 is 23.8. The first-order valence-corrected chi connectivity index (χ1v) is 9.00. The van der Waals surface area contributed by atoms with E-state index in [4.69, 9.17) is 0 Å². The van der Waals surface area contributed by atoms with Crippen LogP contribution in [0.1, 0.15) is 60.3 Å². The Hall–Kier alpha value is -0.380. The molecule has 112 valence electrons. The molecule has 1 rings (SSSR count). The maximum absolute atomic E-state index is 11.9. The molecular formula is C15H28O3S. The van der Waals surface area contributed by atoms with E-state index in [0.717, 1.165) is 19.3 Å². The minimum Gasteiger partial charge on any atom is -0.300 e. The lowest BCUT2D eigenvalue weighted by Gasteiger charge is -2.33. The van der Waals surface area contributed by atoms with E-state index in [0.29, 0.717) is 18.3 Å². The van der Waals surface area contributed by atoms with Crippen molar-refractivity contribution >= 4 is 15.6 Å². The van der Waals surface area contributed by atoms with Gasteiger partial charge in [-0.3, -0.25) is 0 Å². The fourth-order valence-electron chi connectivity index (χ4n) is 3.25. The third kappa shape index (κ3) is 4.04. The Labute approximate surface area is 118 Å². The van der Waals surface area contributed by atoms with Crippen LogP contribution in [-0.4, -0.2) is 25.2 Å². The van der Waals surface area contributed by atoms with Gasteiger partial charge in [0.25, 0.3) is 0 Å². The molecule has 0 aliphatic heterocycles. The minimum atomic E-state index is -2.94. The van der Waals surface area contributed by atoms with Crippen LogP contribution in [-0.2, 0) is 14.6 Å². The topological polar surface area (TPSA) is 51.2 Å². The standard InChI is InChI=1S/C15H28O3S/c1-11(2)19(17,18)9-8-13-6-7-14(10-12(3)16)15(13,4)5/h11,13-14H,6-10H2,1-5H3/t13-,14-/m1/s1. The molecule has 1 aliphatic rings. The van der Waals surface area contributed by atoms with Crippen molar-refractivity contribution in [1.29, 1.82) is 0 Å². The lowest BCUT2D eigenvalue weighted by atomic mass is 9.73. The van der Waals surface area contributed by atoms with Gasteiger partial charge in [-0.15, -0.1) is 0 Å². The summed E-state index contributed by atoms with van der Waals surface area (Å²) in [6, 6.07) is 0. The van der Waals surface area contributed by atoms with Gasteiger partial charge in [0.2, 0.25) is 0 Å². The summed E-state index contributed by atoms with van der Waals surface area (Å²) in [4.78, 5) is 11.3. The van der Waals surface area contributed by atoms with E-state index in [1.54, 1.807) is 20.8 Å². The van der Waals surface area contributed by atoms with Crippen LogP contribution in [0.5, 0.6) is 0 Å². The van der Waals surface area contributed by atoms with Gasteiger partial charge in [-0.25, -0.2) is 8.42 Å². The summed E-state index contributed by atoms with van der Waals surface area (Å²) in [5, 5.41) is -0.287. The average molecular weight is 288 g/mol. The van der Waals surface area contributed by atoms with Crippen molar-refractivity contribution < 1.29 is 13.2 Å². The zero-order valence-electron chi connectivity index (χ0n) is 12.9. The normalized spacial score (nSPS) is 26.8. The summed E-state index contributed by atoms with van der Waals surface area (Å²) in [6.07, 6.45) is 3.49. The number of carbonyl (C=O) groups is 1. The summed E-state index contributed by atoms with van der Waals surface area (Å²) in [7, 11) is -2.94. The van der Waals surface area contributed by atoms with E-state index < -0.39 is 9.84 Å². The number of ketones is 1. The van der Waals surface area contributed by atoms with Crippen molar-refractivity contribution in [3.05, 3.63) is 0 Å². The van der Waals surface area contributed by atoms with Crippen molar-refractivity contribution in [2.75, 3.05) is 5.75 Å². The first-order valence-electron chi connectivity index (χ1n) is 7.28. The second kappa shape index (κ2) is 5.94. The zero-order valence-corrected chi connectivity index (χ0v) is 13.7. The Balaban J connectivity index is 2.64. The molecule has 1 fully saturated rings. The number of carbonyl (C=O) groups excluding carboxylic acids is 1. The molecule has 0 aromatic heterocycles. The van der Waals surface area contributed by atoms with Crippen molar-refractivity contribution in [2.45, 2.75) is 65.6 Å². The van der Waals surface area contributed by atoms with Gasteiger partial charge in [-0.1, -0.05) is 13.8 Å². The van der Waals surface area contributed by atoms with Crippen molar-refractivity contribution in [3.63, 3.8) is 0 Å². The second-order valence-corrected chi connectivity index (χ2v) is 9.58. The van der Waals surface area contributed by atoms with E-state index in [2.05, 4.69) is 13.8 Å². The monoisotopic (exact) mass is 288 g/mol. The Morgan fingerprint density at radius 1 is 1.21 bits per heavy atom. The molecule has 0 amide bonds. The molecule has 0 heterocycles. The molecule has 3 nitrogen and oxygen atoms in total. The predicted octanol–water partition coefficient (Wildman–Crippen LogP) is 3.23. The molecule has 0 aromatic carbocycles. The lowest BCUT2D eigenvalue weighted by Crippen LogP contribution is -2.29. The molecule has 0 spiro atoms. The number of sulfone groups is 1. The van der Waals surface area contributed by atoms with Crippen LogP contribution in [0.15, 0.2) is 0 Å². The number of hydrogen-bond donors (Lipinski definition) is 0. The average Bonchev–Trinajstić information content (AvgIpc) is 2.51. The molecule has 0 unspecified atom stereocenters. The molecule has 1 aliphatic carbocycles. The van der Waals surface area contributed by atoms with E-state index in [1.165, 1.54) is 0 Å². The summed E-state index contributed by atoms with van der Waals surface area (Å²) >= 11 is 0. The van der Waals surface area contributed by atoms with Crippen molar-refractivity contribution in [3.8, 4) is 0 Å². The van der Waals surface area contributed by atoms with Crippen LogP contribution in [0.2, 0.25) is 0 Å². The van der Waals surface area contributed by atoms with E-state index in [1.807, 2.05) is 0 Å². The quantitative estimate of drug-likeness (QED) is 0.754. The molecule has 4 heteroatoms. The van der Waals surface area contributed by atoms with E-state index in [9.17, 15) is 13.2 Å². The van der Waals surface area contributed by atoms with Gasteiger partial charge in [0, 0.05) is 6.42 Å². The Morgan fingerprint density at radius 2 is 1.74 bits per heavy atom. The first-order chi connectivity index (χ1) is 8.57. The van der Waals surface area contributed by atoms with Crippen molar-refractivity contribution in [1.82, 2.24) is 0 Å². The van der Waals surface area contributed by atoms with Gasteiger partial charge in [-0.05, 0) is 57.3 Å². The van der Waals surface area contributed by atoms with Gasteiger partial charge < -0.3 is 4.79 Å². The summed E-state index contributed by atoms with van der Waals surface area (Å²) in [5.41, 5.74) is 0.0815. The molecule has 0 radical (unpaired) electrons. The van der Waals surface area contributed by atoms with Gasteiger partial charge in [0.15, 0.2) is 9.84 Å². The largest absolute Gasteiger partial charge is 0.300 e.